The molecule has 0 saturated carbocycles. The van der Waals surface area contributed by atoms with Crippen molar-refractivity contribution < 1.29 is 9.53 Å². The number of hydrogen-bond acceptors (Lipinski definition) is 4. The third-order valence-corrected chi connectivity index (χ3v) is 3.47. The van der Waals surface area contributed by atoms with E-state index in [1.165, 1.54) is 6.92 Å². The Balaban J connectivity index is 2.05. The summed E-state index contributed by atoms with van der Waals surface area (Å²) in [6.45, 7) is 1.47. The lowest BCUT2D eigenvalue weighted by atomic mass is 9.99. The molecule has 4 heteroatoms. The maximum absolute atomic E-state index is 10.9. The summed E-state index contributed by atoms with van der Waals surface area (Å²) in [7, 11) is 2.10. The van der Waals surface area contributed by atoms with Crippen LogP contribution in [0.15, 0.2) is 0 Å². The highest BCUT2D eigenvalue weighted by molar-refractivity contribution is 5.66. The molecule has 2 rings (SSSR count). The van der Waals surface area contributed by atoms with E-state index in [1.54, 1.807) is 0 Å². The highest BCUT2D eigenvalue weighted by Crippen LogP contribution is 2.35. The van der Waals surface area contributed by atoms with Crippen LogP contribution in [0.2, 0.25) is 0 Å². The van der Waals surface area contributed by atoms with Crippen LogP contribution in [0.3, 0.4) is 0 Å². The van der Waals surface area contributed by atoms with Crippen LogP contribution in [0.5, 0.6) is 0 Å². The van der Waals surface area contributed by atoms with Gasteiger partial charge in [-0.05, 0) is 19.9 Å². The molecule has 0 spiro atoms. The number of piperidine rings is 1. The van der Waals surface area contributed by atoms with Crippen LogP contribution in [0.4, 0.5) is 0 Å². The van der Waals surface area contributed by atoms with Gasteiger partial charge in [-0.15, -0.1) is 0 Å². The molecule has 14 heavy (non-hydrogen) atoms. The average Bonchev–Trinajstić information content (AvgIpc) is 2.30. The molecule has 0 unspecified atom stereocenters. The van der Waals surface area contributed by atoms with E-state index in [9.17, 15) is 4.79 Å². The molecule has 0 radical (unpaired) electrons. The van der Waals surface area contributed by atoms with Crippen LogP contribution in [-0.4, -0.2) is 42.1 Å². The number of nitrogens with zero attached hydrogens (tertiary/aromatic N) is 1. The van der Waals surface area contributed by atoms with E-state index in [2.05, 4.69) is 11.9 Å². The smallest absolute Gasteiger partial charge is 0.302 e. The predicted molar refractivity (Wildman–Crippen MR) is 52.7 cm³/mol. The normalized spacial score (nSPS) is 42.5. The van der Waals surface area contributed by atoms with Gasteiger partial charge in [0.1, 0.15) is 6.10 Å². The monoisotopic (exact) mass is 198 g/mol. The second-order valence-electron chi connectivity index (χ2n) is 4.50. The summed E-state index contributed by atoms with van der Waals surface area (Å²) in [5, 5.41) is 0. The molecule has 2 saturated heterocycles. The molecule has 80 valence electrons. The van der Waals surface area contributed by atoms with Crippen molar-refractivity contribution in [2.45, 2.75) is 50.4 Å². The van der Waals surface area contributed by atoms with E-state index in [-0.39, 0.29) is 18.1 Å². The molecule has 2 bridgehead atoms. The molecule has 0 amide bonds. The van der Waals surface area contributed by atoms with E-state index in [0.29, 0.717) is 12.1 Å². The first-order valence-corrected chi connectivity index (χ1v) is 5.22. The Morgan fingerprint density at radius 3 is 2.79 bits per heavy atom. The number of likely N-dealkylation sites (N-methyl/N-ethyl adjacent to an activating group) is 1. The van der Waals surface area contributed by atoms with Crippen molar-refractivity contribution >= 4 is 5.97 Å². The number of carbonyl (C=O) groups excluding carboxylic acids is 1. The minimum Gasteiger partial charge on any atom is -0.461 e. The predicted octanol–water partition coefficient (Wildman–Crippen LogP) is 0.112. The molecular weight excluding hydrogens is 180 g/mol. The van der Waals surface area contributed by atoms with Gasteiger partial charge in [0, 0.05) is 31.5 Å². The highest BCUT2D eigenvalue weighted by atomic mass is 16.5. The van der Waals surface area contributed by atoms with Gasteiger partial charge >= 0.3 is 5.97 Å². The quantitative estimate of drug-likeness (QED) is 0.608. The Hall–Kier alpha value is -0.610. The van der Waals surface area contributed by atoms with Crippen LogP contribution >= 0.6 is 0 Å². The van der Waals surface area contributed by atoms with Gasteiger partial charge in [-0.3, -0.25) is 9.69 Å². The molecule has 0 aromatic rings. The number of rotatable bonds is 1. The number of esters is 1. The number of ether oxygens (including phenoxy) is 1. The van der Waals surface area contributed by atoms with Crippen molar-refractivity contribution in [3.05, 3.63) is 0 Å². The second kappa shape index (κ2) is 3.51. The largest absolute Gasteiger partial charge is 0.461 e. The molecule has 0 aliphatic carbocycles. The summed E-state index contributed by atoms with van der Waals surface area (Å²) in [4.78, 5) is 13.2. The molecule has 2 fully saturated rings. The second-order valence-corrected chi connectivity index (χ2v) is 4.50. The Morgan fingerprint density at radius 2 is 2.14 bits per heavy atom. The SMILES string of the molecule is CC(=O)O[C@H]1C[C@@H]2C[C@H](N)C[C@H]1N2C. The first-order chi connectivity index (χ1) is 6.58. The summed E-state index contributed by atoms with van der Waals surface area (Å²) in [5.74, 6) is -0.176. The van der Waals surface area contributed by atoms with Gasteiger partial charge in [-0.1, -0.05) is 0 Å². The van der Waals surface area contributed by atoms with E-state index in [1.807, 2.05) is 0 Å². The van der Waals surface area contributed by atoms with Gasteiger partial charge in [0.25, 0.3) is 0 Å². The Kier molecular flexibility index (Phi) is 2.49. The number of carbonyl (C=O) groups is 1. The topological polar surface area (TPSA) is 55.6 Å². The number of hydrogen-bond donors (Lipinski definition) is 1. The standard InChI is InChI=1S/C10H18N2O2/c1-6(13)14-10-5-8-3-7(11)4-9(10)12(8)2/h7-10H,3-5,11H2,1-2H3/t7-,8-,9+,10-/m0/s1. The molecule has 0 aromatic carbocycles. The van der Waals surface area contributed by atoms with Crippen LogP contribution < -0.4 is 5.73 Å². The molecular formula is C10H18N2O2. The van der Waals surface area contributed by atoms with E-state index >= 15 is 0 Å². The van der Waals surface area contributed by atoms with Crippen LogP contribution in [-0.2, 0) is 9.53 Å². The summed E-state index contributed by atoms with van der Waals surface area (Å²) >= 11 is 0. The molecule has 2 aliphatic heterocycles. The zero-order chi connectivity index (χ0) is 10.3. The van der Waals surface area contributed by atoms with Gasteiger partial charge in [0.2, 0.25) is 0 Å². The van der Waals surface area contributed by atoms with Gasteiger partial charge in [0.15, 0.2) is 0 Å². The lowest BCUT2D eigenvalue weighted by Gasteiger charge is -2.35. The van der Waals surface area contributed by atoms with Gasteiger partial charge in [-0.25, -0.2) is 0 Å². The van der Waals surface area contributed by atoms with Crippen molar-refractivity contribution in [3.8, 4) is 0 Å². The summed E-state index contributed by atoms with van der Waals surface area (Å²) < 4.78 is 5.31. The first kappa shape index (κ1) is 9.93. The van der Waals surface area contributed by atoms with Crippen molar-refractivity contribution in [1.29, 1.82) is 0 Å². The molecule has 0 aromatic heterocycles. The molecule has 2 heterocycles. The van der Waals surface area contributed by atoms with Crippen molar-refractivity contribution in [3.63, 3.8) is 0 Å². The van der Waals surface area contributed by atoms with Crippen LogP contribution in [0.25, 0.3) is 0 Å². The number of nitrogens with two attached hydrogens (primary N) is 1. The maximum atomic E-state index is 10.9. The third-order valence-electron chi connectivity index (χ3n) is 3.47. The fourth-order valence-electron chi connectivity index (χ4n) is 2.80. The van der Waals surface area contributed by atoms with E-state index < -0.39 is 0 Å². The minimum atomic E-state index is -0.176. The van der Waals surface area contributed by atoms with Gasteiger partial charge in [0.05, 0.1) is 0 Å². The zero-order valence-corrected chi connectivity index (χ0v) is 8.77. The molecule has 4 nitrogen and oxygen atoms in total. The minimum absolute atomic E-state index is 0.0658. The molecule has 2 aliphatic rings. The van der Waals surface area contributed by atoms with Crippen molar-refractivity contribution in [1.82, 2.24) is 4.90 Å². The maximum Gasteiger partial charge on any atom is 0.302 e. The first-order valence-electron chi connectivity index (χ1n) is 5.22. The summed E-state index contributed by atoms with van der Waals surface area (Å²) in [6, 6.07) is 1.13. The molecule has 4 atom stereocenters. The summed E-state index contributed by atoms with van der Waals surface area (Å²) in [5.41, 5.74) is 5.94. The van der Waals surface area contributed by atoms with Crippen LogP contribution in [0, 0.1) is 0 Å². The fraction of sp³-hybridized carbons (Fsp3) is 0.900. The summed E-state index contributed by atoms with van der Waals surface area (Å²) in [6.07, 6.45) is 3.00. The van der Waals surface area contributed by atoms with E-state index in [0.717, 1.165) is 19.3 Å². The highest BCUT2D eigenvalue weighted by Gasteiger charge is 2.45. The Bertz CT molecular complexity index is 244. The van der Waals surface area contributed by atoms with Crippen molar-refractivity contribution in [2.24, 2.45) is 5.73 Å². The van der Waals surface area contributed by atoms with E-state index in [4.69, 9.17) is 10.5 Å². The van der Waals surface area contributed by atoms with Gasteiger partial charge < -0.3 is 10.5 Å². The Labute approximate surface area is 84.4 Å². The van der Waals surface area contributed by atoms with Gasteiger partial charge in [-0.2, -0.15) is 0 Å². The van der Waals surface area contributed by atoms with Crippen molar-refractivity contribution in [2.75, 3.05) is 7.05 Å². The number of fused-ring (bicyclic) bond motifs is 2. The lowest BCUT2D eigenvalue weighted by molar-refractivity contribution is -0.147. The lowest BCUT2D eigenvalue weighted by Crippen LogP contribution is -2.47. The zero-order valence-electron chi connectivity index (χ0n) is 8.77. The Morgan fingerprint density at radius 1 is 1.43 bits per heavy atom. The molecule has 2 N–H and O–H groups in total. The fourth-order valence-corrected chi connectivity index (χ4v) is 2.80. The van der Waals surface area contributed by atoms with Crippen LogP contribution in [0.1, 0.15) is 26.2 Å². The average molecular weight is 198 g/mol. The third kappa shape index (κ3) is 1.64.